The summed E-state index contributed by atoms with van der Waals surface area (Å²) in [6.07, 6.45) is 0. The van der Waals surface area contributed by atoms with E-state index in [9.17, 15) is 0 Å². The van der Waals surface area contributed by atoms with Crippen LogP contribution in [0.25, 0.3) is 0 Å². The Hall–Kier alpha value is -0.440. The van der Waals surface area contributed by atoms with E-state index in [-0.39, 0.29) is 0 Å². The minimum Gasteiger partial charge on any atom is -0.176 e. The molecule has 1 heterocycles. The highest BCUT2D eigenvalue weighted by atomic mass is 32.1. The van der Waals surface area contributed by atoms with E-state index in [1.165, 1.54) is 5.82 Å². The summed E-state index contributed by atoms with van der Waals surface area (Å²) in [4.78, 5) is 4.20. The first kappa shape index (κ1) is 6.68. The molecule has 1 aromatic rings. The SMILES string of the molecule is CC(C)c1ncs[n+]1C. The summed E-state index contributed by atoms with van der Waals surface area (Å²) in [5.41, 5.74) is 1.87. The van der Waals surface area contributed by atoms with Gasteiger partial charge in [0.25, 0.3) is 0 Å². The van der Waals surface area contributed by atoms with Crippen LogP contribution in [0, 0.1) is 0 Å². The molecule has 50 valence electrons. The first-order valence-corrected chi connectivity index (χ1v) is 3.85. The van der Waals surface area contributed by atoms with Gasteiger partial charge in [-0.05, 0) is 4.98 Å². The maximum Gasteiger partial charge on any atom is 0.312 e. The minimum absolute atomic E-state index is 0.543. The highest BCUT2D eigenvalue weighted by Gasteiger charge is 2.14. The largest absolute Gasteiger partial charge is 0.312 e. The fourth-order valence-corrected chi connectivity index (χ4v) is 1.46. The van der Waals surface area contributed by atoms with E-state index < -0.39 is 0 Å². The summed E-state index contributed by atoms with van der Waals surface area (Å²) in [5.74, 6) is 1.71. The quantitative estimate of drug-likeness (QED) is 0.538. The molecule has 0 saturated heterocycles. The zero-order valence-electron chi connectivity index (χ0n) is 5.96. The smallest absolute Gasteiger partial charge is 0.176 e. The van der Waals surface area contributed by atoms with Gasteiger partial charge in [-0.1, -0.05) is 13.8 Å². The predicted molar refractivity (Wildman–Crippen MR) is 37.4 cm³/mol. The molecule has 0 atom stereocenters. The van der Waals surface area contributed by atoms with Crippen molar-refractivity contribution >= 4 is 11.5 Å². The van der Waals surface area contributed by atoms with Gasteiger partial charge in [-0.2, -0.15) is 3.96 Å². The van der Waals surface area contributed by atoms with Gasteiger partial charge in [0.15, 0.2) is 0 Å². The summed E-state index contributed by atoms with van der Waals surface area (Å²) in [5, 5.41) is 0. The molecule has 0 unspecified atom stereocenters. The molecule has 2 nitrogen and oxygen atoms in total. The van der Waals surface area contributed by atoms with Gasteiger partial charge in [-0.15, -0.1) is 0 Å². The van der Waals surface area contributed by atoms with Crippen LogP contribution in [-0.4, -0.2) is 4.98 Å². The van der Waals surface area contributed by atoms with Gasteiger partial charge in [0, 0.05) is 0 Å². The lowest BCUT2D eigenvalue weighted by Gasteiger charge is -1.91. The van der Waals surface area contributed by atoms with Crippen LogP contribution in [0.3, 0.4) is 0 Å². The van der Waals surface area contributed by atoms with Gasteiger partial charge < -0.3 is 0 Å². The lowest BCUT2D eigenvalue weighted by atomic mass is 10.2. The van der Waals surface area contributed by atoms with Crippen molar-refractivity contribution in [3.05, 3.63) is 11.3 Å². The number of aryl methyl sites for hydroxylation is 1. The molecule has 0 spiro atoms. The zero-order valence-corrected chi connectivity index (χ0v) is 6.77. The van der Waals surface area contributed by atoms with E-state index in [0.717, 1.165) is 0 Å². The highest BCUT2D eigenvalue weighted by Crippen LogP contribution is 2.05. The molecule has 1 rings (SSSR count). The van der Waals surface area contributed by atoms with Gasteiger partial charge in [-0.25, -0.2) is 0 Å². The van der Waals surface area contributed by atoms with Gasteiger partial charge in [0.05, 0.1) is 24.5 Å². The molecule has 0 bridgehead atoms. The summed E-state index contributed by atoms with van der Waals surface area (Å²) in [7, 11) is 2.03. The third kappa shape index (κ3) is 1.27. The Morgan fingerprint density at radius 1 is 1.67 bits per heavy atom. The predicted octanol–water partition coefficient (Wildman–Crippen LogP) is 1.09. The van der Waals surface area contributed by atoms with E-state index >= 15 is 0 Å². The second kappa shape index (κ2) is 2.43. The molecule has 0 radical (unpaired) electrons. The van der Waals surface area contributed by atoms with Crippen molar-refractivity contribution in [2.24, 2.45) is 7.05 Å². The summed E-state index contributed by atoms with van der Waals surface area (Å²) in [6.45, 7) is 4.30. The molecule has 0 aliphatic rings. The first-order valence-electron chi connectivity index (χ1n) is 3.01. The van der Waals surface area contributed by atoms with Crippen LogP contribution >= 0.6 is 11.5 Å². The van der Waals surface area contributed by atoms with E-state index in [1.54, 1.807) is 11.5 Å². The van der Waals surface area contributed by atoms with Crippen LogP contribution < -0.4 is 3.96 Å². The van der Waals surface area contributed by atoms with Crippen LogP contribution in [-0.2, 0) is 7.05 Å². The van der Waals surface area contributed by atoms with Crippen molar-refractivity contribution in [3.63, 3.8) is 0 Å². The Morgan fingerprint density at radius 3 is 2.56 bits per heavy atom. The third-order valence-corrected chi connectivity index (χ3v) is 1.93. The summed E-state index contributed by atoms with van der Waals surface area (Å²) in [6, 6.07) is 0. The number of nitrogens with zero attached hydrogens (tertiary/aromatic N) is 2. The van der Waals surface area contributed by atoms with Crippen molar-refractivity contribution in [1.82, 2.24) is 4.98 Å². The van der Waals surface area contributed by atoms with Crippen LogP contribution in [0.4, 0.5) is 0 Å². The van der Waals surface area contributed by atoms with E-state index in [2.05, 4.69) is 22.8 Å². The average Bonchev–Trinajstić information content (AvgIpc) is 2.13. The van der Waals surface area contributed by atoms with Crippen molar-refractivity contribution in [2.45, 2.75) is 19.8 Å². The fraction of sp³-hybridized carbons (Fsp3) is 0.667. The molecule has 0 fully saturated rings. The monoisotopic (exact) mass is 143 g/mol. The molecule has 0 aliphatic carbocycles. The van der Waals surface area contributed by atoms with Crippen molar-refractivity contribution in [3.8, 4) is 0 Å². The van der Waals surface area contributed by atoms with E-state index in [4.69, 9.17) is 0 Å². The van der Waals surface area contributed by atoms with Crippen LogP contribution in [0.5, 0.6) is 0 Å². The molecular formula is C6H11N2S+. The minimum atomic E-state index is 0.543. The summed E-state index contributed by atoms with van der Waals surface area (Å²) >= 11 is 1.64. The second-order valence-corrected chi connectivity index (χ2v) is 3.32. The lowest BCUT2D eigenvalue weighted by Crippen LogP contribution is -2.28. The van der Waals surface area contributed by atoms with Gasteiger partial charge in [0.2, 0.25) is 5.51 Å². The number of hydrogen-bond acceptors (Lipinski definition) is 2. The average molecular weight is 143 g/mol. The van der Waals surface area contributed by atoms with Gasteiger partial charge in [-0.3, -0.25) is 0 Å². The maximum absolute atomic E-state index is 4.20. The standard InChI is InChI=1S/C6H11N2S/c1-5(2)6-7-4-9-8(6)3/h4-5H,1-3H3/q+1. The highest BCUT2D eigenvalue weighted by molar-refractivity contribution is 6.99. The Labute approximate surface area is 59.3 Å². The number of aromatic nitrogens is 2. The summed E-state index contributed by atoms with van der Waals surface area (Å²) < 4.78 is 2.09. The van der Waals surface area contributed by atoms with E-state index in [1.807, 2.05) is 12.6 Å². The normalized spacial score (nSPS) is 10.7. The van der Waals surface area contributed by atoms with Crippen LogP contribution in [0.15, 0.2) is 5.51 Å². The molecule has 3 heteroatoms. The molecule has 1 aromatic heterocycles. The molecular weight excluding hydrogens is 132 g/mol. The molecule has 0 aliphatic heterocycles. The second-order valence-electron chi connectivity index (χ2n) is 2.35. The van der Waals surface area contributed by atoms with Crippen molar-refractivity contribution in [2.75, 3.05) is 0 Å². The maximum atomic E-state index is 4.20. The van der Waals surface area contributed by atoms with Crippen molar-refractivity contribution < 1.29 is 3.96 Å². The molecule has 0 N–H and O–H groups in total. The number of hydrogen-bond donors (Lipinski definition) is 0. The molecule has 9 heavy (non-hydrogen) atoms. The third-order valence-electron chi connectivity index (χ3n) is 1.23. The molecule has 0 aromatic carbocycles. The topological polar surface area (TPSA) is 16.8 Å². The van der Waals surface area contributed by atoms with E-state index in [0.29, 0.717) is 5.92 Å². The Bertz CT molecular complexity index is 193. The Kier molecular flexibility index (Phi) is 1.81. The van der Waals surface area contributed by atoms with Gasteiger partial charge >= 0.3 is 5.82 Å². The van der Waals surface area contributed by atoms with Crippen LogP contribution in [0.2, 0.25) is 0 Å². The first-order chi connectivity index (χ1) is 4.22. The van der Waals surface area contributed by atoms with Crippen molar-refractivity contribution in [1.29, 1.82) is 0 Å². The van der Waals surface area contributed by atoms with Gasteiger partial charge in [0.1, 0.15) is 0 Å². The molecule has 0 saturated carbocycles. The van der Waals surface area contributed by atoms with Crippen LogP contribution in [0.1, 0.15) is 25.6 Å². The Morgan fingerprint density at radius 2 is 2.33 bits per heavy atom. The number of rotatable bonds is 1. The zero-order chi connectivity index (χ0) is 6.85. The lowest BCUT2D eigenvalue weighted by molar-refractivity contribution is -0.613. The fourth-order valence-electron chi connectivity index (χ4n) is 0.796. The Balaban J connectivity index is 2.94. The molecule has 0 amide bonds.